The smallest absolute Gasteiger partial charge is 0.131 e. The van der Waals surface area contributed by atoms with Gasteiger partial charge in [0.2, 0.25) is 0 Å². The molecule has 0 N–H and O–H groups in total. The Morgan fingerprint density at radius 2 is 1.75 bits per heavy atom. The first kappa shape index (κ1) is 20.9. The predicted molar refractivity (Wildman–Crippen MR) is 115 cm³/mol. The molecule has 0 unspecified atom stereocenters. The Labute approximate surface area is 169 Å². The van der Waals surface area contributed by atoms with Gasteiger partial charge in [0.05, 0.1) is 7.11 Å². The van der Waals surface area contributed by atoms with Gasteiger partial charge in [0.25, 0.3) is 0 Å². The zero-order valence-electron chi connectivity index (χ0n) is 18.0. The zero-order valence-corrected chi connectivity index (χ0v) is 18.0. The highest BCUT2D eigenvalue weighted by molar-refractivity contribution is 5.70. The molecular formula is C25H34FNO. The highest BCUT2D eigenvalue weighted by Gasteiger charge is 2.26. The van der Waals surface area contributed by atoms with Gasteiger partial charge >= 0.3 is 0 Å². The second-order valence-corrected chi connectivity index (χ2v) is 8.74. The molecule has 28 heavy (non-hydrogen) atoms. The van der Waals surface area contributed by atoms with Crippen molar-refractivity contribution >= 4 is 0 Å². The number of ether oxygens (including phenoxy) is 1. The van der Waals surface area contributed by atoms with E-state index in [-0.39, 0.29) is 5.82 Å². The molecule has 1 saturated heterocycles. The van der Waals surface area contributed by atoms with E-state index in [9.17, 15) is 4.39 Å². The lowest BCUT2D eigenvalue weighted by Gasteiger charge is -2.39. The highest BCUT2D eigenvalue weighted by atomic mass is 19.1. The van der Waals surface area contributed by atoms with Gasteiger partial charge in [-0.3, -0.25) is 4.90 Å². The van der Waals surface area contributed by atoms with Gasteiger partial charge in [0.15, 0.2) is 0 Å². The molecule has 1 aliphatic heterocycles. The van der Waals surface area contributed by atoms with Crippen LogP contribution in [-0.2, 0) is 13.0 Å². The lowest BCUT2D eigenvalue weighted by atomic mass is 9.91. The zero-order chi connectivity index (χ0) is 20.3. The van der Waals surface area contributed by atoms with Crippen LogP contribution < -0.4 is 4.74 Å². The molecule has 3 heteroatoms. The Morgan fingerprint density at radius 1 is 1.04 bits per heavy atom. The van der Waals surface area contributed by atoms with Gasteiger partial charge in [-0.25, -0.2) is 4.39 Å². The van der Waals surface area contributed by atoms with E-state index in [1.807, 2.05) is 6.07 Å². The molecule has 0 radical (unpaired) electrons. The van der Waals surface area contributed by atoms with E-state index >= 15 is 0 Å². The van der Waals surface area contributed by atoms with Gasteiger partial charge in [-0.2, -0.15) is 0 Å². The third kappa shape index (κ3) is 4.75. The van der Waals surface area contributed by atoms with Gasteiger partial charge in [-0.1, -0.05) is 38.5 Å². The summed E-state index contributed by atoms with van der Waals surface area (Å²) in [4.78, 5) is 2.58. The number of nitrogens with zero attached hydrogens (tertiary/aromatic N) is 1. The number of halogens is 1. The molecule has 0 spiro atoms. The summed E-state index contributed by atoms with van der Waals surface area (Å²) < 4.78 is 20.1. The van der Waals surface area contributed by atoms with E-state index in [4.69, 9.17) is 4.74 Å². The van der Waals surface area contributed by atoms with Crippen LogP contribution in [0.25, 0.3) is 11.1 Å². The summed E-state index contributed by atoms with van der Waals surface area (Å²) >= 11 is 0. The van der Waals surface area contributed by atoms with Crippen molar-refractivity contribution in [3.05, 3.63) is 53.3 Å². The summed E-state index contributed by atoms with van der Waals surface area (Å²) in [6.07, 6.45) is 4.81. The van der Waals surface area contributed by atoms with E-state index in [0.717, 1.165) is 18.5 Å². The van der Waals surface area contributed by atoms with Crippen LogP contribution in [0.4, 0.5) is 4.39 Å². The highest BCUT2D eigenvalue weighted by Crippen LogP contribution is 2.33. The molecule has 2 aromatic rings. The average Bonchev–Trinajstić information content (AvgIpc) is 2.65. The number of likely N-dealkylation sites (tertiary alicyclic amines) is 1. The van der Waals surface area contributed by atoms with Crippen LogP contribution in [-0.4, -0.2) is 24.1 Å². The number of benzene rings is 2. The Balaban J connectivity index is 2.04. The molecule has 0 bridgehead atoms. The summed E-state index contributed by atoms with van der Waals surface area (Å²) in [5, 5.41) is 0. The van der Waals surface area contributed by atoms with E-state index in [0.29, 0.717) is 29.3 Å². The van der Waals surface area contributed by atoms with Crippen LogP contribution in [0.1, 0.15) is 58.1 Å². The molecule has 152 valence electrons. The van der Waals surface area contributed by atoms with Crippen LogP contribution in [0.15, 0.2) is 36.4 Å². The average molecular weight is 384 g/mol. The first-order chi connectivity index (χ1) is 13.4. The van der Waals surface area contributed by atoms with Gasteiger partial charge in [0.1, 0.15) is 11.6 Å². The quantitative estimate of drug-likeness (QED) is 0.567. The summed E-state index contributed by atoms with van der Waals surface area (Å²) in [5.74, 6) is 1.09. The third-order valence-corrected chi connectivity index (χ3v) is 6.01. The van der Waals surface area contributed by atoms with Crippen LogP contribution in [0.5, 0.6) is 5.75 Å². The molecule has 2 nitrogen and oxygen atoms in total. The number of rotatable bonds is 6. The van der Waals surface area contributed by atoms with E-state index < -0.39 is 0 Å². The second kappa shape index (κ2) is 9.09. The first-order valence-electron chi connectivity index (χ1n) is 10.6. The van der Waals surface area contributed by atoms with Gasteiger partial charge in [0, 0.05) is 24.2 Å². The molecule has 3 rings (SSSR count). The van der Waals surface area contributed by atoms with Crippen molar-refractivity contribution in [3.63, 3.8) is 0 Å². The van der Waals surface area contributed by atoms with Gasteiger partial charge in [-0.05, 0) is 73.9 Å². The van der Waals surface area contributed by atoms with Crippen LogP contribution in [0.3, 0.4) is 0 Å². The number of hydrogen-bond acceptors (Lipinski definition) is 2. The van der Waals surface area contributed by atoms with Crippen molar-refractivity contribution in [2.24, 2.45) is 5.92 Å². The van der Waals surface area contributed by atoms with E-state index in [1.165, 1.54) is 36.5 Å². The maximum Gasteiger partial charge on any atom is 0.131 e. The molecule has 2 atom stereocenters. The fourth-order valence-corrected chi connectivity index (χ4v) is 4.46. The minimum absolute atomic E-state index is 0.196. The molecule has 0 aliphatic carbocycles. The third-order valence-electron chi connectivity index (χ3n) is 6.01. The standard InChI is InChI=1S/C25H34FNO/c1-17(2)13-20-9-11-23(24-15-22(28-5)10-12-25(24)26)21(14-20)16-27-18(3)7-6-8-19(27)4/h9-12,14-15,17-19H,6-8,13,16H2,1-5H3/t18-,19-/m1/s1. The Morgan fingerprint density at radius 3 is 2.39 bits per heavy atom. The topological polar surface area (TPSA) is 12.5 Å². The maximum atomic E-state index is 14.7. The fourth-order valence-electron chi connectivity index (χ4n) is 4.46. The summed E-state index contributed by atoms with van der Waals surface area (Å²) in [5.41, 5.74) is 4.15. The molecule has 1 heterocycles. The molecule has 2 aromatic carbocycles. The Kier molecular flexibility index (Phi) is 6.77. The molecular weight excluding hydrogens is 349 g/mol. The summed E-state index contributed by atoms with van der Waals surface area (Å²) in [6, 6.07) is 12.7. The monoisotopic (exact) mass is 383 g/mol. The maximum absolute atomic E-state index is 14.7. The Hall–Kier alpha value is -1.87. The normalized spacial score (nSPS) is 20.5. The van der Waals surface area contributed by atoms with Crippen molar-refractivity contribution in [1.29, 1.82) is 0 Å². The van der Waals surface area contributed by atoms with E-state index in [1.54, 1.807) is 13.2 Å². The largest absolute Gasteiger partial charge is 0.497 e. The van der Waals surface area contributed by atoms with Crippen LogP contribution >= 0.6 is 0 Å². The van der Waals surface area contributed by atoms with Crippen molar-refractivity contribution in [1.82, 2.24) is 4.90 Å². The number of piperidine rings is 1. The summed E-state index contributed by atoms with van der Waals surface area (Å²) in [6.45, 7) is 9.98. The Bertz CT molecular complexity index is 791. The minimum Gasteiger partial charge on any atom is -0.497 e. The molecule has 1 fully saturated rings. The molecule has 0 saturated carbocycles. The number of hydrogen-bond donors (Lipinski definition) is 0. The van der Waals surface area contributed by atoms with E-state index in [2.05, 4.69) is 50.8 Å². The first-order valence-corrected chi connectivity index (χ1v) is 10.6. The minimum atomic E-state index is -0.196. The lowest BCUT2D eigenvalue weighted by molar-refractivity contribution is 0.0954. The summed E-state index contributed by atoms with van der Waals surface area (Å²) in [7, 11) is 1.63. The number of methoxy groups -OCH3 is 1. The molecule has 0 aromatic heterocycles. The van der Waals surface area contributed by atoms with Crippen LogP contribution in [0.2, 0.25) is 0 Å². The SMILES string of the molecule is COc1ccc(F)c(-c2ccc(CC(C)C)cc2CN2[C@H](C)CCC[C@H]2C)c1. The van der Waals surface area contributed by atoms with Gasteiger partial charge < -0.3 is 4.74 Å². The van der Waals surface area contributed by atoms with Crippen molar-refractivity contribution in [2.45, 2.75) is 72.0 Å². The lowest BCUT2D eigenvalue weighted by Crippen LogP contribution is -2.43. The van der Waals surface area contributed by atoms with Gasteiger partial charge in [-0.15, -0.1) is 0 Å². The van der Waals surface area contributed by atoms with Crippen molar-refractivity contribution in [3.8, 4) is 16.9 Å². The molecule has 0 amide bonds. The van der Waals surface area contributed by atoms with Crippen molar-refractivity contribution < 1.29 is 9.13 Å². The fraction of sp³-hybridized carbons (Fsp3) is 0.520. The molecule has 1 aliphatic rings. The van der Waals surface area contributed by atoms with Crippen molar-refractivity contribution in [2.75, 3.05) is 7.11 Å². The second-order valence-electron chi connectivity index (χ2n) is 8.74. The predicted octanol–water partition coefficient (Wildman–Crippen LogP) is 6.46. The van der Waals surface area contributed by atoms with Crippen LogP contribution in [0, 0.1) is 11.7 Å².